The molecule has 3 heterocycles. The van der Waals surface area contributed by atoms with Crippen LogP contribution in [0, 0.1) is 5.92 Å². The number of ether oxygens (including phenoxy) is 2. The van der Waals surface area contributed by atoms with Crippen LogP contribution in [0.2, 0.25) is 0 Å². The highest BCUT2D eigenvalue weighted by Gasteiger charge is 2.59. The topological polar surface area (TPSA) is 115 Å². The van der Waals surface area contributed by atoms with Gasteiger partial charge in [0, 0.05) is 36.5 Å². The molecule has 8 nitrogen and oxygen atoms in total. The molecule has 0 radical (unpaired) electrons. The fraction of sp³-hybridized carbons (Fsp3) is 0.257. The van der Waals surface area contributed by atoms with E-state index in [0.717, 1.165) is 5.56 Å². The van der Waals surface area contributed by atoms with Crippen molar-refractivity contribution in [2.24, 2.45) is 5.92 Å². The molecule has 8 heteroatoms. The Labute approximate surface area is 251 Å². The summed E-state index contributed by atoms with van der Waals surface area (Å²) in [5, 5.41) is 25.2. The van der Waals surface area contributed by atoms with Gasteiger partial charge in [-0.15, -0.1) is 6.58 Å². The van der Waals surface area contributed by atoms with Gasteiger partial charge in [0.05, 0.1) is 24.4 Å². The van der Waals surface area contributed by atoms with Gasteiger partial charge >= 0.3 is 0 Å². The fourth-order valence-corrected chi connectivity index (χ4v) is 6.29. The molecule has 0 bridgehead atoms. The molecule has 5 rings (SSSR count). The Morgan fingerprint density at radius 2 is 1.60 bits per heavy atom. The number of hydrogen-bond acceptors (Lipinski definition) is 8. The first-order valence-electron chi connectivity index (χ1n) is 14.1. The maximum atomic E-state index is 14.5. The third kappa shape index (κ3) is 5.71. The first-order valence-corrected chi connectivity index (χ1v) is 14.1. The molecule has 4 atom stereocenters. The maximum absolute atomic E-state index is 14.5. The molecule has 43 heavy (non-hydrogen) atoms. The molecule has 220 valence electrons. The van der Waals surface area contributed by atoms with Crippen molar-refractivity contribution in [3.05, 3.63) is 139 Å². The van der Waals surface area contributed by atoms with E-state index in [4.69, 9.17) is 9.47 Å². The first kappa shape index (κ1) is 29.8. The van der Waals surface area contributed by atoms with Crippen molar-refractivity contribution >= 4 is 5.78 Å². The average Bonchev–Trinajstić information content (AvgIpc) is 3.04. The van der Waals surface area contributed by atoms with E-state index in [0.29, 0.717) is 29.2 Å². The van der Waals surface area contributed by atoms with Crippen LogP contribution in [0.4, 0.5) is 0 Å². The summed E-state index contributed by atoms with van der Waals surface area (Å²) in [5.74, 6) is -1.18. The Morgan fingerprint density at radius 1 is 0.930 bits per heavy atom. The molecule has 1 aliphatic rings. The van der Waals surface area contributed by atoms with E-state index < -0.39 is 23.0 Å². The summed E-state index contributed by atoms with van der Waals surface area (Å²) < 4.78 is 11.8. The first-order chi connectivity index (χ1) is 20.9. The highest BCUT2D eigenvalue weighted by molar-refractivity contribution is 5.97. The third-order valence-corrected chi connectivity index (χ3v) is 8.06. The van der Waals surface area contributed by atoms with Crippen molar-refractivity contribution in [1.82, 2.24) is 15.0 Å². The molecule has 1 saturated carbocycles. The number of Topliss-reactive ketones (excluding diaryl/α,β-unsaturated/α-hetero) is 1. The van der Waals surface area contributed by atoms with Crippen molar-refractivity contribution in [3.63, 3.8) is 0 Å². The molecule has 1 aromatic carbocycles. The van der Waals surface area contributed by atoms with Crippen molar-refractivity contribution in [2.75, 3.05) is 13.7 Å². The van der Waals surface area contributed by atoms with Gasteiger partial charge < -0.3 is 19.7 Å². The van der Waals surface area contributed by atoms with Crippen LogP contribution < -0.4 is 9.47 Å². The predicted molar refractivity (Wildman–Crippen MR) is 163 cm³/mol. The number of hydrogen-bond donors (Lipinski definition) is 2. The van der Waals surface area contributed by atoms with Gasteiger partial charge in [-0.2, -0.15) is 0 Å². The van der Waals surface area contributed by atoms with Crippen molar-refractivity contribution in [1.29, 1.82) is 0 Å². The van der Waals surface area contributed by atoms with Gasteiger partial charge in [0.25, 0.3) is 0 Å². The number of benzene rings is 1. The number of carbonyl (C=O) groups excluding carboxylic acids is 1. The molecule has 0 amide bonds. The lowest BCUT2D eigenvalue weighted by atomic mass is 9.57. The minimum atomic E-state index is -1.90. The largest absolute Gasteiger partial charge is 0.493 e. The molecule has 0 aliphatic heterocycles. The number of nitrogens with zero attached hydrogens (tertiary/aromatic N) is 3. The van der Waals surface area contributed by atoms with Crippen LogP contribution in [0.25, 0.3) is 0 Å². The summed E-state index contributed by atoms with van der Waals surface area (Å²) in [4.78, 5) is 27.9. The lowest BCUT2D eigenvalue weighted by Gasteiger charge is -2.50. The van der Waals surface area contributed by atoms with Crippen LogP contribution >= 0.6 is 0 Å². The fourth-order valence-electron chi connectivity index (χ4n) is 6.29. The minimum Gasteiger partial charge on any atom is -0.493 e. The number of carbonyl (C=O) groups is 1. The summed E-state index contributed by atoms with van der Waals surface area (Å²) in [6.45, 7) is 7.96. The molecular formula is C35H35N3O5. The summed E-state index contributed by atoms with van der Waals surface area (Å²) >= 11 is 0. The lowest BCUT2D eigenvalue weighted by molar-refractivity contribution is -0.144. The highest BCUT2D eigenvalue weighted by Crippen LogP contribution is 2.57. The number of methoxy groups -OCH3 is 1. The van der Waals surface area contributed by atoms with E-state index >= 15 is 0 Å². The molecule has 2 N–H and O–H groups in total. The van der Waals surface area contributed by atoms with Crippen LogP contribution in [-0.2, 0) is 17.6 Å². The van der Waals surface area contributed by atoms with Crippen LogP contribution in [0.15, 0.2) is 111 Å². The lowest BCUT2D eigenvalue weighted by Crippen LogP contribution is -2.54. The molecular weight excluding hydrogens is 542 g/mol. The zero-order chi connectivity index (χ0) is 30.5. The zero-order valence-electron chi connectivity index (χ0n) is 24.1. The molecule has 4 aromatic rings. The van der Waals surface area contributed by atoms with Crippen LogP contribution in [0.5, 0.6) is 11.5 Å². The van der Waals surface area contributed by atoms with Crippen molar-refractivity contribution < 1.29 is 24.5 Å². The van der Waals surface area contributed by atoms with E-state index in [2.05, 4.69) is 28.1 Å². The van der Waals surface area contributed by atoms with Crippen LogP contribution in [0.3, 0.4) is 0 Å². The smallest absolute Gasteiger partial charge is 0.188 e. The van der Waals surface area contributed by atoms with Gasteiger partial charge in [0.2, 0.25) is 0 Å². The van der Waals surface area contributed by atoms with E-state index in [1.54, 1.807) is 98.5 Å². The second-order valence-electron chi connectivity index (χ2n) is 10.7. The number of rotatable bonds is 11. The summed E-state index contributed by atoms with van der Waals surface area (Å²) in [6.07, 6.45) is 8.35. The van der Waals surface area contributed by atoms with Gasteiger partial charge in [-0.1, -0.05) is 43.0 Å². The average molecular weight is 578 g/mol. The van der Waals surface area contributed by atoms with Crippen molar-refractivity contribution in [2.45, 2.75) is 36.4 Å². The number of pyridine rings is 3. The highest BCUT2D eigenvalue weighted by atomic mass is 16.5. The molecule has 0 saturated heterocycles. The van der Waals surface area contributed by atoms with E-state index in [1.807, 2.05) is 6.07 Å². The summed E-state index contributed by atoms with van der Waals surface area (Å²) in [5.41, 5.74) is -1.22. The number of ketones is 1. The van der Waals surface area contributed by atoms with Crippen LogP contribution in [0.1, 0.15) is 51.8 Å². The Balaban J connectivity index is 1.81. The second-order valence-corrected chi connectivity index (χ2v) is 10.7. The Bertz CT molecular complexity index is 1580. The molecule has 0 unspecified atom stereocenters. The van der Waals surface area contributed by atoms with E-state index in [-0.39, 0.29) is 36.6 Å². The summed E-state index contributed by atoms with van der Waals surface area (Å²) in [6, 6.07) is 19.2. The number of allylic oxidation sites excluding steroid dienone is 1. The van der Waals surface area contributed by atoms with Crippen molar-refractivity contribution in [3.8, 4) is 11.5 Å². The number of aromatic nitrogens is 3. The van der Waals surface area contributed by atoms with Gasteiger partial charge in [0.1, 0.15) is 23.5 Å². The molecule has 3 aromatic heterocycles. The summed E-state index contributed by atoms with van der Waals surface area (Å²) in [7, 11) is 1.56. The van der Waals surface area contributed by atoms with Gasteiger partial charge in [-0.25, -0.2) is 0 Å². The van der Waals surface area contributed by atoms with E-state index in [1.165, 1.54) is 0 Å². The number of aliphatic hydroxyl groups is 2. The van der Waals surface area contributed by atoms with Gasteiger partial charge in [-0.3, -0.25) is 19.7 Å². The monoisotopic (exact) mass is 577 g/mol. The molecule has 0 spiro atoms. The minimum absolute atomic E-state index is 0.0831. The quantitative estimate of drug-likeness (QED) is 0.182. The standard InChI is InChI=1S/C35H35N3O5/c1-4-12-25-24(16-17-28(42-3)33(25)43-21-5-2)26-22-34(40,29-14-7-10-19-37-29)23-35(41,30-15-8-11-20-38-30)31(26)32(39)27-13-6-9-18-36-27/h4-11,13-20,26,31,40-41H,1-2,12,21-23H2,3H3/t26-,31+,34+,35-/m1/s1. The zero-order valence-corrected chi connectivity index (χ0v) is 24.1. The Hall–Kier alpha value is -4.66. The maximum Gasteiger partial charge on any atom is 0.188 e. The Morgan fingerprint density at radius 3 is 2.19 bits per heavy atom. The second kappa shape index (κ2) is 12.7. The Kier molecular flexibility index (Phi) is 8.80. The van der Waals surface area contributed by atoms with E-state index in [9.17, 15) is 15.0 Å². The van der Waals surface area contributed by atoms with Gasteiger partial charge in [0.15, 0.2) is 17.3 Å². The normalized spacial score (nSPS) is 23.2. The molecule has 1 aliphatic carbocycles. The predicted octanol–water partition coefficient (Wildman–Crippen LogP) is 5.33. The molecule has 1 fully saturated rings. The van der Waals surface area contributed by atoms with Gasteiger partial charge in [-0.05, 0) is 60.9 Å². The SMILES string of the molecule is C=CCOc1c(OC)ccc([C@H]2C[C@@](O)(c3ccccn3)C[C@@](O)(c3ccccn3)[C@@H]2C(=O)c2ccccn2)c1CC=C. The van der Waals surface area contributed by atoms with Crippen LogP contribution in [-0.4, -0.2) is 44.7 Å². The third-order valence-electron chi connectivity index (χ3n) is 8.06.